The summed E-state index contributed by atoms with van der Waals surface area (Å²) in [6, 6.07) is 0. The average molecular weight is 121 g/mol. The summed E-state index contributed by atoms with van der Waals surface area (Å²) >= 11 is 0. The molecule has 0 aromatic rings. The predicted octanol–water partition coefficient (Wildman–Crippen LogP) is -0.539. The lowest BCUT2D eigenvalue weighted by Crippen LogP contribution is -2.12. The summed E-state index contributed by atoms with van der Waals surface area (Å²) in [5.41, 5.74) is 0. The van der Waals surface area contributed by atoms with Crippen molar-refractivity contribution in [2.45, 2.75) is 0 Å². The lowest BCUT2D eigenvalue weighted by Gasteiger charge is -1.92. The Kier molecular flexibility index (Phi) is 21.3. The molecule has 0 aliphatic heterocycles. The first-order valence-electron chi connectivity index (χ1n) is 2.50. The number of aliphatic hydroxyl groups is 1. The highest BCUT2D eigenvalue weighted by Gasteiger charge is 1.72. The summed E-state index contributed by atoms with van der Waals surface area (Å²) in [6.45, 7) is 1.74. The lowest BCUT2D eigenvalue weighted by atomic mass is 10.7. The van der Waals surface area contributed by atoms with Gasteiger partial charge < -0.3 is 15.2 Å². The van der Waals surface area contributed by atoms with Gasteiger partial charge in [0.15, 0.2) is 0 Å². The van der Waals surface area contributed by atoms with Gasteiger partial charge >= 0.3 is 0 Å². The third-order valence-corrected chi connectivity index (χ3v) is 0.556. The standard InChI is InChI=1S/C4H11NO.CH4O/c1-5-3-4-6-2;1-2/h5H,3-4H2,1-2H3;2H,1H3. The Labute approximate surface area is 50.7 Å². The van der Waals surface area contributed by atoms with Crippen molar-refractivity contribution in [3.05, 3.63) is 0 Å². The first-order valence-corrected chi connectivity index (χ1v) is 2.50. The van der Waals surface area contributed by atoms with Gasteiger partial charge in [-0.1, -0.05) is 0 Å². The van der Waals surface area contributed by atoms with E-state index in [0.29, 0.717) is 0 Å². The van der Waals surface area contributed by atoms with Crippen molar-refractivity contribution in [2.75, 3.05) is 34.4 Å². The zero-order valence-corrected chi connectivity index (χ0v) is 5.77. The molecule has 0 unspecified atom stereocenters. The molecule has 0 aromatic carbocycles. The monoisotopic (exact) mass is 121 g/mol. The van der Waals surface area contributed by atoms with Gasteiger partial charge in [-0.15, -0.1) is 0 Å². The lowest BCUT2D eigenvalue weighted by molar-refractivity contribution is 0.201. The molecule has 0 aliphatic rings. The van der Waals surface area contributed by atoms with Crippen molar-refractivity contribution in [3.8, 4) is 0 Å². The predicted molar refractivity (Wildman–Crippen MR) is 33.9 cm³/mol. The molecule has 3 heteroatoms. The van der Waals surface area contributed by atoms with E-state index in [1.807, 2.05) is 7.05 Å². The molecule has 0 bridgehead atoms. The zero-order chi connectivity index (χ0) is 6.83. The summed E-state index contributed by atoms with van der Waals surface area (Å²) < 4.78 is 4.72. The minimum Gasteiger partial charge on any atom is -0.400 e. The van der Waals surface area contributed by atoms with Gasteiger partial charge in [-0.2, -0.15) is 0 Å². The van der Waals surface area contributed by atoms with E-state index in [4.69, 9.17) is 9.84 Å². The highest BCUT2D eigenvalue weighted by atomic mass is 16.5. The third-order valence-electron chi connectivity index (χ3n) is 0.556. The van der Waals surface area contributed by atoms with Gasteiger partial charge in [-0.25, -0.2) is 0 Å². The minimum absolute atomic E-state index is 0.802. The SMILES string of the molecule is CNCCOC.CO. The van der Waals surface area contributed by atoms with Gasteiger partial charge in [0.25, 0.3) is 0 Å². The molecule has 0 spiro atoms. The fourth-order valence-electron chi connectivity index (χ4n) is 0.204. The molecule has 0 radical (unpaired) electrons. The Morgan fingerprint density at radius 2 is 2.00 bits per heavy atom. The van der Waals surface area contributed by atoms with Crippen molar-refractivity contribution >= 4 is 0 Å². The van der Waals surface area contributed by atoms with E-state index in [9.17, 15) is 0 Å². The number of hydrogen-bond donors (Lipinski definition) is 2. The summed E-state index contributed by atoms with van der Waals surface area (Å²) in [5.74, 6) is 0. The molecule has 8 heavy (non-hydrogen) atoms. The van der Waals surface area contributed by atoms with Crippen LogP contribution in [0.25, 0.3) is 0 Å². The quantitative estimate of drug-likeness (QED) is 0.493. The fraction of sp³-hybridized carbons (Fsp3) is 1.00. The van der Waals surface area contributed by atoms with Gasteiger partial charge in [-0.3, -0.25) is 0 Å². The molecule has 52 valence electrons. The summed E-state index contributed by atoms with van der Waals surface area (Å²) in [6.07, 6.45) is 0. The largest absolute Gasteiger partial charge is 0.400 e. The number of ether oxygens (including phenoxy) is 1. The Morgan fingerprint density at radius 3 is 2.12 bits per heavy atom. The first-order chi connectivity index (χ1) is 3.91. The molecular formula is C5H15NO2. The Balaban J connectivity index is 0. The molecule has 0 saturated heterocycles. The zero-order valence-electron chi connectivity index (χ0n) is 5.77. The van der Waals surface area contributed by atoms with Crippen molar-refractivity contribution in [3.63, 3.8) is 0 Å². The number of likely N-dealkylation sites (N-methyl/N-ethyl adjacent to an activating group) is 1. The first kappa shape index (κ1) is 10.8. The van der Waals surface area contributed by atoms with E-state index in [0.717, 1.165) is 20.3 Å². The number of rotatable bonds is 3. The molecule has 0 amide bonds. The second kappa shape index (κ2) is 15.8. The molecule has 0 heterocycles. The molecule has 2 N–H and O–H groups in total. The topological polar surface area (TPSA) is 41.5 Å². The van der Waals surface area contributed by atoms with Crippen LogP contribution in [-0.4, -0.2) is 39.5 Å². The van der Waals surface area contributed by atoms with E-state index < -0.39 is 0 Å². The van der Waals surface area contributed by atoms with Crippen LogP contribution in [0.2, 0.25) is 0 Å². The molecule has 0 rings (SSSR count). The van der Waals surface area contributed by atoms with Crippen LogP contribution in [0.4, 0.5) is 0 Å². The number of aliphatic hydroxyl groups excluding tert-OH is 1. The van der Waals surface area contributed by atoms with Crippen LogP contribution in [0.1, 0.15) is 0 Å². The highest BCUT2D eigenvalue weighted by molar-refractivity contribution is 4.30. The Morgan fingerprint density at radius 1 is 1.50 bits per heavy atom. The third kappa shape index (κ3) is 16.9. The second-order valence-electron chi connectivity index (χ2n) is 1.10. The second-order valence-corrected chi connectivity index (χ2v) is 1.10. The van der Waals surface area contributed by atoms with E-state index in [-0.39, 0.29) is 0 Å². The maximum absolute atomic E-state index is 7.00. The average Bonchev–Trinajstić information content (AvgIpc) is 1.88. The van der Waals surface area contributed by atoms with E-state index in [2.05, 4.69) is 5.32 Å². The number of methoxy groups -OCH3 is 1. The van der Waals surface area contributed by atoms with E-state index in [1.54, 1.807) is 7.11 Å². The highest BCUT2D eigenvalue weighted by Crippen LogP contribution is 1.57. The van der Waals surface area contributed by atoms with Crippen LogP contribution in [0, 0.1) is 0 Å². The van der Waals surface area contributed by atoms with Crippen LogP contribution in [0.3, 0.4) is 0 Å². The van der Waals surface area contributed by atoms with Crippen molar-refractivity contribution in [1.29, 1.82) is 0 Å². The van der Waals surface area contributed by atoms with E-state index >= 15 is 0 Å². The minimum atomic E-state index is 0.802. The van der Waals surface area contributed by atoms with Crippen LogP contribution >= 0.6 is 0 Å². The molecular weight excluding hydrogens is 106 g/mol. The summed E-state index contributed by atoms with van der Waals surface area (Å²) in [7, 11) is 4.59. The van der Waals surface area contributed by atoms with Crippen LogP contribution in [0.5, 0.6) is 0 Å². The van der Waals surface area contributed by atoms with Crippen LogP contribution in [-0.2, 0) is 4.74 Å². The van der Waals surface area contributed by atoms with Gasteiger partial charge in [-0.05, 0) is 7.05 Å². The molecule has 3 nitrogen and oxygen atoms in total. The molecule has 0 atom stereocenters. The van der Waals surface area contributed by atoms with E-state index in [1.165, 1.54) is 0 Å². The fourth-order valence-corrected chi connectivity index (χ4v) is 0.204. The maximum atomic E-state index is 7.00. The number of nitrogens with one attached hydrogen (secondary N) is 1. The van der Waals surface area contributed by atoms with Crippen molar-refractivity contribution in [1.82, 2.24) is 5.32 Å². The maximum Gasteiger partial charge on any atom is 0.0587 e. The Hall–Kier alpha value is -0.120. The summed E-state index contributed by atoms with van der Waals surface area (Å²) in [4.78, 5) is 0. The summed E-state index contributed by atoms with van der Waals surface area (Å²) in [5, 5.41) is 9.94. The van der Waals surface area contributed by atoms with Crippen molar-refractivity contribution in [2.24, 2.45) is 0 Å². The molecule has 0 aromatic heterocycles. The Bertz CT molecular complexity index is 22.4. The van der Waals surface area contributed by atoms with Gasteiger partial charge in [0.1, 0.15) is 0 Å². The molecule has 0 saturated carbocycles. The normalized spacial score (nSPS) is 7.50. The van der Waals surface area contributed by atoms with Crippen LogP contribution < -0.4 is 5.32 Å². The van der Waals surface area contributed by atoms with Crippen molar-refractivity contribution < 1.29 is 9.84 Å². The number of hydrogen-bond acceptors (Lipinski definition) is 3. The van der Waals surface area contributed by atoms with Crippen LogP contribution in [0.15, 0.2) is 0 Å². The van der Waals surface area contributed by atoms with Gasteiger partial charge in [0, 0.05) is 20.8 Å². The van der Waals surface area contributed by atoms with Gasteiger partial charge in [0.05, 0.1) is 6.61 Å². The molecule has 0 aliphatic carbocycles. The van der Waals surface area contributed by atoms with Gasteiger partial charge in [0.2, 0.25) is 0 Å². The molecule has 0 fully saturated rings. The smallest absolute Gasteiger partial charge is 0.0587 e.